The quantitative estimate of drug-likeness (QED) is 0.0153. The standard InChI is InChI=1S/C67H112N22O27/c1-29(2)21-33(69)54(103)82-40(24-47(72)94)60(109)83-38(22-30(3)4)59(108)80-36(14-16-45(70)92)58(107)79-35(11-7-8-18-68)57(106)84-41(25-50(98)99)61(110)81-37(15-17-49(96)97)65(114)89-20-10-13-44(89)64(113)86-39(23-46(71)93)55(104)76-27-48(95)78-34(12-9-19-75-67(73)74)56(105)77-31(5)53(102)87-43(28-90)63(112)85-42(26-51(100)101)62(111)88-52(32(6)91)66(115)116/h29-44,52,90-91H,7-28,68-69H2,1-6H3,(H2,70,92)(H2,71,93)(H2,72,94)(H,76,104)(H,77,105)(H,78,95)(H,79,107)(H,80,108)(H,81,110)(H,82,103)(H,83,109)(H,84,106)(H,85,112)(H,86,113)(H,87,102)(H,88,111)(H,96,97)(H,98,99)(H,100,101)(H,115,116)(H4,73,74,75)/t31-,32+,33-,34-,35-,36-,37-,38-,39-,40-,41-,42-,43-,44-,52-/m0/s1. The number of nitrogens with one attached hydrogen (secondary N) is 13. The molecule has 0 aromatic rings. The summed E-state index contributed by atoms with van der Waals surface area (Å²) in [7, 11) is 0. The fraction of sp³-hybridized carbons (Fsp3) is 0.672. The van der Waals surface area contributed by atoms with Crippen LogP contribution in [0, 0.1) is 11.8 Å². The molecule has 1 heterocycles. The second-order valence-electron chi connectivity index (χ2n) is 28.1. The van der Waals surface area contributed by atoms with Crippen LogP contribution in [0.2, 0.25) is 0 Å². The third-order valence-electron chi connectivity index (χ3n) is 17.1. The fourth-order valence-electron chi connectivity index (χ4n) is 11.3. The van der Waals surface area contributed by atoms with Gasteiger partial charge in [0.25, 0.3) is 0 Å². The Morgan fingerprint density at radius 3 is 1.35 bits per heavy atom. The van der Waals surface area contributed by atoms with E-state index in [2.05, 4.69) is 63.5 Å². The molecule has 49 nitrogen and oxygen atoms in total. The second kappa shape index (κ2) is 51.7. The Balaban J connectivity index is 3.55. The van der Waals surface area contributed by atoms with Gasteiger partial charge in [-0.2, -0.15) is 0 Å². The SMILES string of the molecule is CC(C)C[C@H](NC(=O)[C@H](CC(N)=O)NC(=O)[C@@H](N)CC(C)C)C(=O)N[C@@H](CCC(N)=O)C(=O)N[C@@H](CCCCN)C(=O)N[C@@H](CC(=O)O)C(=O)N[C@@H](CCC(=O)O)C(=O)N1CCC[C@H]1C(=O)N[C@@H](CC(N)=O)C(=O)NCC(=O)N[C@@H](CCCN=C(N)N)C(=O)N[C@@H](C)C(=O)N[C@@H](CO)C(=O)N[C@@H](CC(=O)O)C(=O)N[C@H](C(=O)O)[C@@H](C)O. The van der Waals surface area contributed by atoms with Crippen LogP contribution >= 0.6 is 0 Å². The Hall–Kier alpha value is -12.0. The molecule has 1 saturated heterocycles. The maximum atomic E-state index is 14.5. The Morgan fingerprint density at radius 1 is 0.440 bits per heavy atom. The summed E-state index contributed by atoms with van der Waals surface area (Å²) in [4.78, 5) is 281. The Labute approximate surface area is 664 Å². The van der Waals surface area contributed by atoms with Crippen LogP contribution in [0.5, 0.6) is 0 Å². The van der Waals surface area contributed by atoms with E-state index in [-0.39, 0.29) is 95.2 Å². The Kier molecular flexibility index (Phi) is 45.4. The average Bonchev–Trinajstić information content (AvgIpc) is 1.64. The number of guanidine groups is 1. The number of carboxylic acids is 4. The van der Waals surface area contributed by atoms with Crippen molar-refractivity contribution in [2.75, 3.05) is 32.8 Å². The summed E-state index contributed by atoms with van der Waals surface area (Å²) >= 11 is 0. The predicted molar refractivity (Wildman–Crippen MR) is 400 cm³/mol. The Morgan fingerprint density at radius 2 is 0.871 bits per heavy atom. The van der Waals surface area contributed by atoms with Gasteiger partial charge in [-0.3, -0.25) is 101 Å². The molecule has 652 valence electrons. The second-order valence-corrected chi connectivity index (χ2v) is 28.1. The molecule has 49 heteroatoms. The predicted octanol–water partition coefficient (Wildman–Crippen LogP) is -12.2. The van der Waals surface area contributed by atoms with Gasteiger partial charge in [-0.05, 0) is 103 Å². The number of nitrogens with two attached hydrogens (primary N) is 7. The van der Waals surface area contributed by atoms with Gasteiger partial charge in [0.2, 0.25) is 100 Å². The number of primary amides is 3. The first-order valence-electron chi connectivity index (χ1n) is 36.9. The topological polar surface area (TPSA) is 834 Å². The number of unbranched alkanes of at least 4 members (excludes halogenated alkanes) is 1. The number of likely N-dealkylation sites (tertiary alicyclic amines) is 1. The van der Waals surface area contributed by atoms with E-state index >= 15 is 0 Å². The van der Waals surface area contributed by atoms with Crippen molar-refractivity contribution in [1.82, 2.24) is 74.0 Å². The van der Waals surface area contributed by atoms with Gasteiger partial charge < -0.3 is 145 Å². The zero-order valence-electron chi connectivity index (χ0n) is 65.1. The summed E-state index contributed by atoms with van der Waals surface area (Å²) < 4.78 is 0. The van der Waals surface area contributed by atoms with Crippen LogP contribution in [0.3, 0.4) is 0 Å². The van der Waals surface area contributed by atoms with E-state index in [1.165, 1.54) is 0 Å². The molecule has 0 spiro atoms. The lowest BCUT2D eigenvalue weighted by Gasteiger charge is -2.30. The molecule has 1 aliphatic rings. The number of nitrogens with zero attached hydrogens (tertiary/aromatic N) is 2. The van der Waals surface area contributed by atoms with Gasteiger partial charge in [0, 0.05) is 25.9 Å². The molecule has 0 saturated carbocycles. The Bertz CT molecular complexity index is 3540. The summed E-state index contributed by atoms with van der Waals surface area (Å²) in [6.07, 6.45) is -9.01. The van der Waals surface area contributed by atoms with Gasteiger partial charge in [-0.1, -0.05) is 27.7 Å². The minimum Gasteiger partial charge on any atom is -0.481 e. The molecule has 17 amide bonds. The molecule has 1 rings (SSSR count). The number of aliphatic hydroxyl groups is 2. The molecule has 15 atom stereocenters. The first-order chi connectivity index (χ1) is 54.1. The number of carboxylic acid groups (broad SMARTS) is 4. The highest BCUT2D eigenvalue weighted by Crippen LogP contribution is 2.21. The third-order valence-corrected chi connectivity index (χ3v) is 17.1. The summed E-state index contributed by atoms with van der Waals surface area (Å²) in [5.74, 6) is -27.3. The third kappa shape index (κ3) is 39.1. The van der Waals surface area contributed by atoms with Gasteiger partial charge >= 0.3 is 23.9 Å². The van der Waals surface area contributed by atoms with Crippen LogP contribution in [-0.2, 0) is 101 Å². The average molecular weight is 1660 g/mol. The zero-order valence-corrected chi connectivity index (χ0v) is 65.1. The molecule has 33 N–H and O–H groups in total. The number of aliphatic hydroxyl groups excluding tert-OH is 2. The van der Waals surface area contributed by atoms with Crippen LogP contribution in [0.15, 0.2) is 4.99 Å². The van der Waals surface area contributed by atoms with Crippen molar-refractivity contribution >= 4 is 130 Å². The number of rotatable bonds is 56. The van der Waals surface area contributed by atoms with Crippen LogP contribution in [0.4, 0.5) is 0 Å². The monoisotopic (exact) mass is 1660 g/mol. The fourth-order valence-corrected chi connectivity index (χ4v) is 11.3. The number of hydrogen-bond acceptors (Lipinski definition) is 26. The minimum atomic E-state index is -2.15. The molecule has 0 radical (unpaired) electrons. The van der Waals surface area contributed by atoms with Crippen LogP contribution in [-0.4, -0.2) is 289 Å². The molecule has 1 fully saturated rings. The summed E-state index contributed by atoms with van der Waals surface area (Å²) in [6, 6.07) is -24.5. The molecule has 0 aromatic carbocycles. The summed E-state index contributed by atoms with van der Waals surface area (Å²) in [6.45, 7) is 6.31. The van der Waals surface area contributed by atoms with Gasteiger partial charge in [-0.15, -0.1) is 0 Å². The number of amides is 17. The number of hydrogen-bond donors (Lipinski definition) is 26. The van der Waals surface area contributed by atoms with E-state index in [0.717, 1.165) is 18.7 Å². The summed E-state index contributed by atoms with van der Waals surface area (Å²) in [5.41, 5.74) is 38.8. The van der Waals surface area contributed by atoms with Crippen molar-refractivity contribution < 1.29 is 131 Å². The van der Waals surface area contributed by atoms with Crippen molar-refractivity contribution in [3.05, 3.63) is 0 Å². The molecular weight excluding hydrogens is 1540 g/mol. The van der Waals surface area contributed by atoms with E-state index in [1.807, 2.05) is 10.6 Å². The molecule has 0 unspecified atom stereocenters. The van der Waals surface area contributed by atoms with E-state index in [0.29, 0.717) is 0 Å². The van der Waals surface area contributed by atoms with E-state index in [1.54, 1.807) is 27.7 Å². The van der Waals surface area contributed by atoms with Gasteiger partial charge in [-0.25, -0.2) is 4.79 Å². The van der Waals surface area contributed by atoms with E-state index in [9.17, 15) is 131 Å². The lowest BCUT2D eigenvalue weighted by atomic mass is 10.0. The first-order valence-corrected chi connectivity index (χ1v) is 36.9. The van der Waals surface area contributed by atoms with Crippen LogP contribution in [0.1, 0.15) is 151 Å². The van der Waals surface area contributed by atoms with Gasteiger partial charge in [0.15, 0.2) is 12.0 Å². The van der Waals surface area contributed by atoms with Crippen molar-refractivity contribution in [2.24, 2.45) is 57.0 Å². The lowest BCUT2D eigenvalue weighted by Crippen LogP contribution is -2.61. The molecule has 0 bridgehead atoms. The smallest absolute Gasteiger partial charge is 0.328 e. The molecule has 0 aliphatic carbocycles. The van der Waals surface area contributed by atoms with Crippen molar-refractivity contribution in [2.45, 2.75) is 241 Å². The molecule has 0 aromatic heterocycles. The number of aliphatic imine (C=N–C) groups is 1. The lowest BCUT2D eigenvalue weighted by molar-refractivity contribution is -0.146. The number of carbonyl (C=O) groups excluding carboxylic acids is 17. The maximum absolute atomic E-state index is 14.5. The highest BCUT2D eigenvalue weighted by molar-refractivity contribution is 6.02. The molecule has 1 aliphatic heterocycles. The maximum Gasteiger partial charge on any atom is 0.328 e. The number of aliphatic carboxylic acids is 4. The van der Waals surface area contributed by atoms with Crippen molar-refractivity contribution in [1.29, 1.82) is 0 Å². The normalized spacial score (nSPS) is 16.0. The molecule has 116 heavy (non-hydrogen) atoms. The van der Waals surface area contributed by atoms with Crippen molar-refractivity contribution in [3.8, 4) is 0 Å². The highest BCUT2D eigenvalue weighted by atomic mass is 16.4. The minimum absolute atomic E-state index is 0.0239. The summed E-state index contributed by atoms with van der Waals surface area (Å²) in [5, 5.41) is 87.1. The van der Waals surface area contributed by atoms with Crippen molar-refractivity contribution in [3.63, 3.8) is 0 Å². The largest absolute Gasteiger partial charge is 0.481 e. The van der Waals surface area contributed by atoms with E-state index < -0.39 is 280 Å². The molecular formula is C67H112N22O27. The number of carbonyl (C=O) groups is 21. The first kappa shape index (κ1) is 102. The zero-order chi connectivity index (χ0) is 88.5. The highest BCUT2D eigenvalue weighted by Gasteiger charge is 2.42. The van der Waals surface area contributed by atoms with E-state index in [4.69, 9.17) is 40.1 Å². The van der Waals surface area contributed by atoms with Gasteiger partial charge in [0.05, 0.1) is 51.0 Å². The van der Waals surface area contributed by atoms with Crippen LogP contribution in [0.25, 0.3) is 0 Å². The van der Waals surface area contributed by atoms with Gasteiger partial charge in [0.1, 0.15) is 72.5 Å². The van der Waals surface area contributed by atoms with Crippen LogP contribution < -0.4 is 109 Å².